The molecule has 0 aromatic heterocycles. The third-order valence-electron chi connectivity index (χ3n) is 9.28. The van der Waals surface area contributed by atoms with Crippen LogP contribution in [0.5, 0.6) is 0 Å². The number of unbranched alkanes of at least 4 members (excludes halogenated alkanes) is 2. The fourth-order valence-corrected chi connectivity index (χ4v) is 6.09. The summed E-state index contributed by atoms with van der Waals surface area (Å²) >= 11 is 0. The highest BCUT2D eigenvalue weighted by Gasteiger charge is 2.43. The van der Waals surface area contributed by atoms with Gasteiger partial charge >= 0.3 is 5.97 Å². The molecular weight excluding hydrogens is 738 g/mol. The Kier molecular flexibility index (Phi) is 19.2. The van der Waals surface area contributed by atoms with Gasteiger partial charge in [-0.2, -0.15) is 0 Å². The van der Waals surface area contributed by atoms with Gasteiger partial charge in [-0.25, -0.2) is 4.79 Å². The van der Waals surface area contributed by atoms with Crippen LogP contribution in [0.2, 0.25) is 0 Å². The number of carbonyl (C=O) groups is 6. The van der Waals surface area contributed by atoms with Crippen LogP contribution in [0.15, 0.2) is 0 Å². The second kappa shape index (κ2) is 23.0. The molecule has 0 unspecified atom stereocenters. The highest BCUT2D eigenvalue weighted by molar-refractivity contribution is 6.01. The Morgan fingerprint density at radius 2 is 1.27 bits per heavy atom. The van der Waals surface area contributed by atoms with Gasteiger partial charge in [-0.05, 0) is 26.2 Å². The molecule has 2 saturated heterocycles. The van der Waals surface area contributed by atoms with E-state index in [1.165, 1.54) is 11.8 Å². The highest BCUT2D eigenvalue weighted by atomic mass is 16.7. The molecule has 314 valence electrons. The minimum absolute atomic E-state index is 0.0118. The van der Waals surface area contributed by atoms with Gasteiger partial charge in [0.05, 0.1) is 51.2 Å². The van der Waals surface area contributed by atoms with E-state index in [0.29, 0.717) is 24.3 Å². The number of hydroxylamine groups is 2. The molecule has 22 heteroatoms. The van der Waals surface area contributed by atoms with Crippen LogP contribution in [0.3, 0.4) is 0 Å². The van der Waals surface area contributed by atoms with Crippen LogP contribution >= 0.6 is 0 Å². The Morgan fingerprint density at radius 3 is 1.85 bits per heavy atom. The van der Waals surface area contributed by atoms with E-state index in [1.807, 2.05) is 0 Å². The Balaban J connectivity index is 1.42. The zero-order chi connectivity index (χ0) is 40.7. The van der Waals surface area contributed by atoms with Gasteiger partial charge in [0.1, 0.15) is 30.5 Å². The minimum Gasteiger partial charge on any atom is -0.396 e. The van der Waals surface area contributed by atoms with E-state index in [1.54, 1.807) is 0 Å². The Hall–Kier alpha value is -3.42. The number of imide groups is 1. The predicted molar refractivity (Wildman–Crippen MR) is 182 cm³/mol. The van der Waals surface area contributed by atoms with Crippen molar-refractivity contribution < 1.29 is 83.6 Å². The molecule has 0 radical (unpaired) electrons. The maximum atomic E-state index is 12.8. The van der Waals surface area contributed by atoms with Gasteiger partial charge in [0.15, 0.2) is 6.29 Å². The molecule has 1 saturated carbocycles. The van der Waals surface area contributed by atoms with Crippen molar-refractivity contribution in [2.45, 2.75) is 107 Å². The lowest BCUT2D eigenvalue weighted by Gasteiger charge is -2.39. The standard InChI is InChI=1S/C33H55N5O17/c1-18-27(46)30(49)32(51)33(54-18)53-12-10-36-23(42)16-37(15-22(41)35-9-11-52-20-13-19(17-39)28(47)31(50)29(20)48)14-21(40)34-8-4-2-3-5-26(45)55-38-24(43)6-7-25(38)44/h18-20,27-33,39,46-51H,2-17H2,1H3,(H,34,40)(H,35,41)(H,36,42)/t18-,19+,20+,27+,28+,29-,30+,31-,32-,33+/m0/s1. The molecule has 10 N–H and O–H groups in total. The number of nitrogens with zero attached hydrogens (tertiary/aromatic N) is 2. The normalized spacial score (nSPS) is 29.7. The number of hydrogen-bond donors (Lipinski definition) is 10. The summed E-state index contributed by atoms with van der Waals surface area (Å²) in [4.78, 5) is 79.5. The summed E-state index contributed by atoms with van der Waals surface area (Å²) in [5, 5.41) is 77.8. The van der Waals surface area contributed by atoms with Crippen molar-refractivity contribution in [3.05, 3.63) is 0 Å². The largest absolute Gasteiger partial charge is 0.396 e. The van der Waals surface area contributed by atoms with Gasteiger partial charge in [0, 0.05) is 51.4 Å². The molecule has 0 aromatic rings. The Labute approximate surface area is 317 Å². The molecule has 0 spiro atoms. The van der Waals surface area contributed by atoms with Crippen LogP contribution in [0.4, 0.5) is 0 Å². The molecule has 55 heavy (non-hydrogen) atoms. The van der Waals surface area contributed by atoms with Crippen molar-refractivity contribution in [2.24, 2.45) is 5.92 Å². The summed E-state index contributed by atoms with van der Waals surface area (Å²) in [6, 6.07) is 0. The Morgan fingerprint density at radius 1 is 0.727 bits per heavy atom. The molecule has 3 fully saturated rings. The lowest BCUT2D eigenvalue weighted by atomic mass is 9.81. The summed E-state index contributed by atoms with van der Waals surface area (Å²) in [6.07, 6.45) is -10.3. The molecule has 22 nitrogen and oxygen atoms in total. The summed E-state index contributed by atoms with van der Waals surface area (Å²) < 4.78 is 16.3. The average molecular weight is 794 g/mol. The third kappa shape index (κ3) is 14.5. The van der Waals surface area contributed by atoms with Gasteiger partial charge in [0.2, 0.25) is 17.7 Å². The minimum atomic E-state index is -1.53. The van der Waals surface area contributed by atoms with Crippen LogP contribution in [-0.2, 0) is 47.8 Å². The number of hydrogen-bond acceptors (Lipinski definition) is 18. The molecule has 2 heterocycles. The zero-order valence-electron chi connectivity index (χ0n) is 30.7. The van der Waals surface area contributed by atoms with Crippen LogP contribution in [0.25, 0.3) is 0 Å². The first kappa shape index (κ1) is 46.0. The lowest BCUT2D eigenvalue weighted by molar-refractivity contribution is -0.292. The van der Waals surface area contributed by atoms with Crippen molar-refractivity contribution >= 4 is 35.5 Å². The molecular formula is C33H55N5O17. The first-order valence-corrected chi connectivity index (χ1v) is 18.3. The van der Waals surface area contributed by atoms with E-state index >= 15 is 0 Å². The topological polar surface area (TPSA) is 324 Å². The van der Waals surface area contributed by atoms with E-state index < -0.39 is 116 Å². The number of aliphatic hydroxyl groups is 7. The van der Waals surface area contributed by atoms with Crippen molar-refractivity contribution in [3.63, 3.8) is 0 Å². The van der Waals surface area contributed by atoms with Gasteiger partial charge in [-0.3, -0.25) is 28.9 Å². The van der Waals surface area contributed by atoms with E-state index in [2.05, 4.69) is 16.0 Å². The van der Waals surface area contributed by atoms with Gasteiger partial charge in [-0.1, -0.05) is 6.42 Å². The van der Waals surface area contributed by atoms with Crippen LogP contribution in [0.1, 0.15) is 51.9 Å². The van der Waals surface area contributed by atoms with Gasteiger partial charge in [0.25, 0.3) is 11.8 Å². The monoisotopic (exact) mass is 793 g/mol. The number of aliphatic hydroxyl groups excluding tert-OH is 7. The van der Waals surface area contributed by atoms with E-state index in [9.17, 15) is 64.5 Å². The molecule has 1 aliphatic carbocycles. The smallest absolute Gasteiger partial charge is 0.333 e. The predicted octanol–water partition coefficient (Wildman–Crippen LogP) is -5.87. The number of carbonyl (C=O) groups excluding carboxylic acids is 6. The fraction of sp³-hybridized carbons (Fsp3) is 0.818. The van der Waals surface area contributed by atoms with Crippen molar-refractivity contribution in [2.75, 3.05) is 59.1 Å². The van der Waals surface area contributed by atoms with Crippen molar-refractivity contribution in [1.29, 1.82) is 0 Å². The molecule has 0 aromatic carbocycles. The zero-order valence-corrected chi connectivity index (χ0v) is 30.7. The maximum Gasteiger partial charge on any atom is 0.333 e. The molecule has 0 bridgehead atoms. The first-order valence-electron chi connectivity index (χ1n) is 18.3. The van der Waals surface area contributed by atoms with E-state index in [4.69, 9.17) is 19.0 Å². The fourth-order valence-electron chi connectivity index (χ4n) is 6.09. The summed E-state index contributed by atoms with van der Waals surface area (Å²) in [5.74, 6) is -4.27. The van der Waals surface area contributed by atoms with E-state index in [-0.39, 0.29) is 65.1 Å². The quantitative estimate of drug-likeness (QED) is 0.0360. The third-order valence-corrected chi connectivity index (χ3v) is 9.28. The van der Waals surface area contributed by atoms with Crippen LogP contribution in [-0.4, -0.2) is 195 Å². The van der Waals surface area contributed by atoms with Crippen molar-refractivity contribution in [1.82, 2.24) is 25.9 Å². The number of rotatable bonds is 22. The number of amides is 5. The van der Waals surface area contributed by atoms with Crippen molar-refractivity contribution in [3.8, 4) is 0 Å². The number of ether oxygens (including phenoxy) is 3. The van der Waals surface area contributed by atoms with E-state index in [0.717, 1.165) is 0 Å². The molecule has 3 rings (SSSR count). The summed E-state index contributed by atoms with van der Waals surface area (Å²) in [5.41, 5.74) is 0. The summed E-state index contributed by atoms with van der Waals surface area (Å²) in [6.45, 7) is -0.279. The molecule has 10 atom stereocenters. The SMILES string of the molecule is C[C@@H]1O[C@@H](OCCNC(=O)CN(CC(=O)NCCCCCC(=O)ON2C(=O)CCC2=O)CC(=O)NCCO[C@@H]2C[C@H](CO)[C@@H](O)[C@H](O)[C@H]2O)[C@@H](O)[C@H](O)[C@@H]1O. The summed E-state index contributed by atoms with van der Waals surface area (Å²) in [7, 11) is 0. The lowest BCUT2D eigenvalue weighted by Crippen LogP contribution is -2.57. The highest BCUT2D eigenvalue weighted by Crippen LogP contribution is 2.27. The van der Waals surface area contributed by atoms with Gasteiger partial charge in [-0.15, -0.1) is 5.06 Å². The maximum absolute atomic E-state index is 12.8. The molecule has 5 amide bonds. The average Bonchev–Trinajstić information content (AvgIpc) is 3.46. The molecule has 3 aliphatic rings. The van der Waals surface area contributed by atoms with Crippen LogP contribution < -0.4 is 16.0 Å². The second-order valence-electron chi connectivity index (χ2n) is 13.7. The van der Waals surface area contributed by atoms with Crippen LogP contribution in [0, 0.1) is 5.92 Å². The first-order chi connectivity index (χ1) is 26.1. The second-order valence-corrected chi connectivity index (χ2v) is 13.7. The molecule has 2 aliphatic heterocycles. The Bertz CT molecular complexity index is 1280. The number of nitrogens with one attached hydrogen (secondary N) is 3. The van der Waals surface area contributed by atoms with Gasteiger partial charge < -0.3 is 70.7 Å².